The lowest BCUT2D eigenvalue weighted by molar-refractivity contribution is 0.395. The molecule has 0 aliphatic carbocycles. The second-order valence-corrected chi connectivity index (χ2v) is 3.16. The van der Waals surface area contributed by atoms with Gasteiger partial charge in [0.2, 0.25) is 0 Å². The van der Waals surface area contributed by atoms with Gasteiger partial charge in [0, 0.05) is 12.1 Å². The van der Waals surface area contributed by atoms with Gasteiger partial charge in [-0.2, -0.15) is 0 Å². The van der Waals surface area contributed by atoms with Crippen LogP contribution >= 0.6 is 12.4 Å². The van der Waals surface area contributed by atoms with Crippen LogP contribution in [-0.2, 0) is 6.54 Å². The first-order valence-corrected chi connectivity index (χ1v) is 4.59. The van der Waals surface area contributed by atoms with E-state index in [2.05, 4.69) is 5.32 Å². The van der Waals surface area contributed by atoms with E-state index in [-0.39, 0.29) is 12.4 Å². The van der Waals surface area contributed by atoms with Gasteiger partial charge in [-0.3, -0.25) is 0 Å². The Morgan fingerprint density at radius 2 is 1.73 bits per heavy atom. The molecule has 0 bridgehead atoms. The molecule has 1 rings (SSSR count). The highest BCUT2D eigenvalue weighted by Crippen LogP contribution is 2.27. The highest BCUT2D eigenvalue weighted by Gasteiger charge is 2.07. The normalized spacial score (nSPS) is 9.33. The minimum atomic E-state index is 0. The number of nitrogens with one attached hydrogen (secondary N) is 1. The van der Waals surface area contributed by atoms with Crippen LogP contribution in [0, 0.1) is 6.92 Å². The van der Waals surface area contributed by atoms with Crippen molar-refractivity contribution in [1.82, 2.24) is 5.32 Å². The van der Waals surface area contributed by atoms with Crippen molar-refractivity contribution in [2.24, 2.45) is 0 Å². The number of ether oxygens (including phenoxy) is 2. The quantitative estimate of drug-likeness (QED) is 0.862. The fourth-order valence-electron chi connectivity index (χ4n) is 1.44. The molecule has 1 aromatic carbocycles. The Hall–Kier alpha value is -0.930. The fraction of sp³-hybridized carbons (Fsp3) is 0.455. The molecule has 0 atom stereocenters. The van der Waals surface area contributed by atoms with Gasteiger partial charge in [-0.25, -0.2) is 0 Å². The zero-order valence-electron chi connectivity index (χ0n) is 9.59. The molecule has 0 heterocycles. The third-order valence-electron chi connectivity index (χ3n) is 2.17. The smallest absolute Gasteiger partial charge is 0.123 e. The Morgan fingerprint density at radius 1 is 1.13 bits per heavy atom. The molecule has 0 spiro atoms. The topological polar surface area (TPSA) is 30.5 Å². The van der Waals surface area contributed by atoms with Crippen LogP contribution < -0.4 is 14.8 Å². The van der Waals surface area contributed by atoms with E-state index < -0.39 is 0 Å². The maximum absolute atomic E-state index is 5.28. The summed E-state index contributed by atoms with van der Waals surface area (Å²) in [5, 5.41) is 3.09. The minimum absolute atomic E-state index is 0. The second kappa shape index (κ2) is 6.53. The summed E-state index contributed by atoms with van der Waals surface area (Å²) in [6, 6.07) is 4.00. The van der Waals surface area contributed by atoms with Crippen LogP contribution in [0.2, 0.25) is 0 Å². The van der Waals surface area contributed by atoms with Crippen molar-refractivity contribution in [3.63, 3.8) is 0 Å². The largest absolute Gasteiger partial charge is 0.496 e. The molecule has 0 aromatic heterocycles. The Bertz CT molecular complexity index is 316. The predicted molar refractivity (Wildman–Crippen MR) is 64.3 cm³/mol. The maximum atomic E-state index is 5.28. The van der Waals surface area contributed by atoms with Gasteiger partial charge < -0.3 is 14.8 Å². The second-order valence-electron chi connectivity index (χ2n) is 3.16. The Balaban J connectivity index is 0.00000196. The molecule has 1 N–H and O–H groups in total. The molecule has 0 unspecified atom stereocenters. The molecule has 0 aliphatic heterocycles. The van der Waals surface area contributed by atoms with E-state index in [4.69, 9.17) is 9.47 Å². The molecule has 4 heteroatoms. The van der Waals surface area contributed by atoms with Gasteiger partial charge in [0.05, 0.1) is 14.2 Å². The molecule has 0 amide bonds. The first-order valence-electron chi connectivity index (χ1n) is 4.59. The molecule has 0 radical (unpaired) electrons. The third-order valence-corrected chi connectivity index (χ3v) is 2.17. The number of methoxy groups -OCH3 is 2. The van der Waals surface area contributed by atoms with Crippen LogP contribution in [0.4, 0.5) is 0 Å². The van der Waals surface area contributed by atoms with E-state index in [0.717, 1.165) is 29.2 Å². The number of hydrogen-bond donors (Lipinski definition) is 1. The molecule has 1 aromatic rings. The van der Waals surface area contributed by atoms with E-state index in [1.807, 2.05) is 26.1 Å². The molecular weight excluding hydrogens is 214 g/mol. The lowest BCUT2D eigenvalue weighted by atomic mass is 10.1. The molecule has 3 nitrogen and oxygen atoms in total. The van der Waals surface area contributed by atoms with Gasteiger partial charge in [0.1, 0.15) is 11.5 Å². The van der Waals surface area contributed by atoms with Gasteiger partial charge in [-0.05, 0) is 31.7 Å². The SMILES string of the molecule is CNCc1cc(OC)c(C)cc1OC.Cl. The summed E-state index contributed by atoms with van der Waals surface area (Å²) in [6.07, 6.45) is 0. The summed E-state index contributed by atoms with van der Waals surface area (Å²) in [5.41, 5.74) is 2.20. The van der Waals surface area contributed by atoms with Gasteiger partial charge in [0.15, 0.2) is 0 Å². The van der Waals surface area contributed by atoms with Crippen molar-refractivity contribution in [3.8, 4) is 11.5 Å². The summed E-state index contributed by atoms with van der Waals surface area (Å²) in [6.45, 7) is 2.78. The zero-order chi connectivity index (χ0) is 10.6. The van der Waals surface area contributed by atoms with Gasteiger partial charge >= 0.3 is 0 Å². The molecule has 0 fully saturated rings. The molecule has 86 valence electrons. The highest BCUT2D eigenvalue weighted by atomic mass is 35.5. The highest BCUT2D eigenvalue weighted by molar-refractivity contribution is 5.85. The maximum Gasteiger partial charge on any atom is 0.123 e. The van der Waals surface area contributed by atoms with Crippen LogP contribution in [0.15, 0.2) is 12.1 Å². The van der Waals surface area contributed by atoms with Crippen molar-refractivity contribution in [3.05, 3.63) is 23.3 Å². The number of benzene rings is 1. The summed E-state index contributed by atoms with van der Waals surface area (Å²) >= 11 is 0. The zero-order valence-corrected chi connectivity index (χ0v) is 10.4. The van der Waals surface area contributed by atoms with Crippen molar-refractivity contribution in [2.45, 2.75) is 13.5 Å². The number of hydrogen-bond acceptors (Lipinski definition) is 3. The van der Waals surface area contributed by atoms with E-state index in [1.54, 1.807) is 14.2 Å². The lowest BCUT2D eigenvalue weighted by Gasteiger charge is -2.12. The van der Waals surface area contributed by atoms with Gasteiger partial charge in [-0.1, -0.05) is 0 Å². The molecule has 0 saturated carbocycles. The van der Waals surface area contributed by atoms with Crippen molar-refractivity contribution < 1.29 is 9.47 Å². The van der Waals surface area contributed by atoms with E-state index in [1.165, 1.54) is 0 Å². The first kappa shape index (κ1) is 14.1. The number of rotatable bonds is 4. The Labute approximate surface area is 97.2 Å². The predicted octanol–water partition coefficient (Wildman–Crippen LogP) is 2.15. The molecular formula is C11H18ClNO2. The van der Waals surface area contributed by atoms with Crippen molar-refractivity contribution in [1.29, 1.82) is 0 Å². The van der Waals surface area contributed by atoms with Gasteiger partial charge in [-0.15, -0.1) is 12.4 Å². The van der Waals surface area contributed by atoms with Crippen LogP contribution in [0.3, 0.4) is 0 Å². The Morgan fingerprint density at radius 3 is 2.20 bits per heavy atom. The number of aryl methyl sites for hydroxylation is 1. The van der Waals surface area contributed by atoms with E-state index in [0.29, 0.717) is 0 Å². The van der Waals surface area contributed by atoms with Crippen LogP contribution in [0.1, 0.15) is 11.1 Å². The molecule has 15 heavy (non-hydrogen) atoms. The van der Waals surface area contributed by atoms with E-state index in [9.17, 15) is 0 Å². The van der Waals surface area contributed by atoms with Crippen molar-refractivity contribution in [2.75, 3.05) is 21.3 Å². The fourth-order valence-corrected chi connectivity index (χ4v) is 1.44. The van der Waals surface area contributed by atoms with Gasteiger partial charge in [0.25, 0.3) is 0 Å². The molecule has 0 aliphatic rings. The standard InChI is InChI=1S/C11H17NO2.ClH/c1-8-5-11(14-4)9(7-12-2)6-10(8)13-3;/h5-6,12H,7H2,1-4H3;1H. The van der Waals surface area contributed by atoms with E-state index >= 15 is 0 Å². The third kappa shape index (κ3) is 3.29. The van der Waals surface area contributed by atoms with Crippen LogP contribution in [0.25, 0.3) is 0 Å². The monoisotopic (exact) mass is 231 g/mol. The summed E-state index contributed by atoms with van der Waals surface area (Å²) < 4.78 is 10.5. The average molecular weight is 232 g/mol. The van der Waals surface area contributed by atoms with Crippen LogP contribution in [-0.4, -0.2) is 21.3 Å². The average Bonchev–Trinajstić information content (AvgIpc) is 2.20. The lowest BCUT2D eigenvalue weighted by Crippen LogP contribution is -2.07. The summed E-state index contributed by atoms with van der Waals surface area (Å²) in [4.78, 5) is 0. The number of halogens is 1. The van der Waals surface area contributed by atoms with Crippen molar-refractivity contribution >= 4 is 12.4 Å². The molecule has 0 saturated heterocycles. The summed E-state index contributed by atoms with van der Waals surface area (Å²) in [7, 11) is 5.27. The van der Waals surface area contributed by atoms with Crippen LogP contribution in [0.5, 0.6) is 11.5 Å². The summed E-state index contributed by atoms with van der Waals surface area (Å²) in [5.74, 6) is 1.80. The minimum Gasteiger partial charge on any atom is -0.496 e. The first-order chi connectivity index (χ1) is 6.72. The Kier molecular flexibility index (Phi) is 6.13.